The number of carbonyl (C=O) groups is 1. The number of carbonyl (C=O) groups excluding carboxylic acids is 1. The summed E-state index contributed by atoms with van der Waals surface area (Å²) in [5.74, 6) is 0.860. The molecule has 1 aliphatic carbocycles. The predicted octanol–water partition coefficient (Wildman–Crippen LogP) is 4.09. The van der Waals surface area contributed by atoms with Crippen molar-refractivity contribution in [2.24, 2.45) is 0 Å². The van der Waals surface area contributed by atoms with Crippen molar-refractivity contribution in [1.82, 2.24) is 19.6 Å². The van der Waals surface area contributed by atoms with E-state index in [1.54, 1.807) is 28.9 Å². The number of nitrogens with one attached hydrogen (secondary N) is 1. The van der Waals surface area contributed by atoms with E-state index in [-0.39, 0.29) is 11.5 Å². The van der Waals surface area contributed by atoms with Gasteiger partial charge >= 0.3 is 0 Å². The lowest BCUT2D eigenvalue weighted by atomic mass is 9.97. The number of amides is 1. The van der Waals surface area contributed by atoms with Crippen molar-refractivity contribution in [2.45, 2.75) is 69.3 Å². The Labute approximate surface area is 201 Å². The molecule has 0 saturated carbocycles. The van der Waals surface area contributed by atoms with Crippen LogP contribution in [0.5, 0.6) is 0 Å². The second-order valence-electron chi connectivity index (χ2n) is 8.73. The zero-order chi connectivity index (χ0) is 23.5. The van der Waals surface area contributed by atoms with Gasteiger partial charge in [0.25, 0.3) is 5.56 Å². The third-order valence-corrected chi connectivity index (χ3v) is 8.36. The maximum Gasteiger partial charge on any atom is 0.263 e. The molecule has 0 spiro atoms. The SMILES string of the molecule is CC[C@@H](Sc1nc2sc3c(c2c(=O)n1CCCN(C)C)CCCC3)C(=O)Nc1cc(C)on1. The first-order chi connectivity index (χ1) is 15.9. The van der Waals surface area contributed by atoms with Crippen molar-refractivity contribution in [1.29, 1.82) is 0 Å². The van der Waals surface area contributed by atoms with Gasteiger partial charge in [0.15, 0.2) is 11.0 Å². The Hall–Kier alpha value is -2.17. The Morgan fingerprint density at radius 1 is 1.36 bits per heavy atom. The largest absolute Gasteiger partial charge is 0.360 e. The summed E-state index contributed by atoms with van der Waals surface area (Å²) in [5, 5.41) is 7.68. The Bertz CT molecular complexity index is 1200. The molecule has 10 heteroatoms. The molecule has 0 aromatic carbocycles. The summed E-state index contributed by atoms with van der Waals surface area (Å²) in [6.07, 6.45) is 5.69. The zero-order valence-corrected chi connectivity index (χ0v) is 21.3. The molecule has 0 radical (unpaired) electrons. The fourth-order valence-corrected chi connectivity index (χ4v) is 6.48. The Morgan fingerprint density at radius 3 is 2.85 bits per heavy atom. The van der Waals surface area contributed by atoms with Crippen LogP contribution in [0.1, 0.15) is 48.8 Å². The molecule has 0 aliphatic heterocycles. The smallest absolute Gasteiger partial charge is 0.263 e. The molecular weight excluding hydrogens is 458 g/mol. The fourth-order valence-electron chi connectivity index (χ4n) is 4.13. The molecule has 0 saturated heterocycles. The number of aryl methyl sites for hydroxylation is 3. The number of hydrogen-bond donors (Lipinski definition) is 1. The molecule has 0 fully saturated rings. The molecule has 1 atom stereocenters. The van der Waals surface area contributed by atoms with Gasteiger partial charge in [0.2, 0.25) is 5.91 Å². The number of aromatic nitrogens is 3. The lowest BCUT2D eigenvalue weighted by Crippen LogP contribution is -2.29. The molecule has 3 heterocycles. The van der Waals surface area contributed by atoms with Crippen LogP contribution in [0.4, 0.5) is 5.82 Å². The highest BCUT2D eigenvalue weighted by Gasteiger charge is 2.26. The van der Waals surface area contributed by atoms with E-state index in [0.717, 1.165) is 48.9 Å². The van der Waals surface area contributed by atoms with Gasteiger partial charge in [-0.1, -0.05) is 23.8 Å². The van der Waals surface area contributed by atoms with Crippen molar-refractivity contribution >= 4 is 45.0 Å². The summed E-state index contributed by atoms with van der Waals surface area (Å²) in [7, 11) is 4.05. The molecule has 1 amide bonds. The number of thiophene rings is 1. The number of nitrogens with zero attached hydrogens (tertiary/aromatic N) is 4. The van der Waals surface area contributed by atoms with E-state index in [0.29, 0.717) is 29.7 Å². The maximum atomic E-state index is 13.7. The van der Waals surface area contributed by atoms with Crippen LogP contribution in [0.25, 0.3) is 10.2 Å². The van der Waals surface area contributed by atoms with Crippen LogP contribution in [0.3, 0.4) is 0 Å². The summed E-state index contributed by atoms with van der Waals surface area (Å²) in [4.78, 5) is 35.8. The minimum absolute atomic E-state index is 0.0306. The van der Waals surface area contributed by atoms with E-state index in [1.807, 2.05) is 21.0 Å². The van der Waals surface area contributed by atoms with Gasteiger partial charge in [-0.05, 0) is 71.7 Å². The van der Waals surface area contributed by atoms with Crippen LogP contribution in [0, 0.1) is 6.92 Å². The highest BCUT2D eigenvalue weighted by molar-refractivity contribution is 8.00. The van der Waals surface area contributed by atoms with Crippen LogP contribution >= 0.6 is 23.1 Å². The number of anilines is 1. The van der Waals surface area contributed by atoms with Crippen LogP contribution in [0.15, 0.2) is 20.5 Å². The molecule has 1 N–H and O–H groups in total. The van der Waals surface area contributed by atoms with Crippen molar-refractivity contribution < 1.29 is 9.32 Å². The van der Waals surface area contributed by atoms with E-state index in [2.05, 4.69) is 15.4 Å². The van der Waals surface area contributed by atoms with Gasteiger partial charge in [-0.15, -0.1) is 11.3 Å². The third-order valence-electron chi connectivity index (χ3n) is 5.82. The van der Waals surface area contributed by atoms with Gasteiger partial charge in [0, 0.05) is 17.5 Å². The Kier molecular flexibility index (Phi) is 7.55. The molecule has 33 heavy (non-hydrogen) atoms. The van der Waals surface area contributed by atoms with Gasteiger partial charge in [-0.2, -0.15) is 0 Å². The fraction of sp³-hybridized carbons (Fsp3) is 0.565. The minimum Gasteiger partial charge on any atom is -0.360 e. The van der Waals surface area contributed by atoms with Gasteiger partial charge in [-0.3, -0.25) is 14.2 Å². The number of fused-ring (bicyclic) bond motifs is 3. The highest BCUT2D eigenvalue weighted by Crippen LogP contribution is 2.35. The number of thioether (sulfide) groups is 1. The third kappa shape index (κ3) is 5.33. The van der Waals surface area contributed by atoms with Crippen LogP contribution in [0.2, 0.25) is 0 Å². The van der Waals surface area contributed by atoms with Gasteiger partial charge in [0.05, 0.1) is 10.6 Å². The first kappa shape index (κ1) is 24.0. The first-order valence-corrected chi connectivity index (χ1v) is 13.2. The van der Waals surface area contributed by atoms with Crippen molar-refractivity contribution in [3.05, 3.63) is 32.6 Å². The molecule has 0 bridgehead atoms. The second kappa shape index (κ2) is 10.4. The molecule has 178 valence electrons. The molecule has 1 aliphatic rings. The summed E-state index contributed by atoms with van der Waals surface area (Å²) >= 11 is 3.00. The Balaban J connectivity index is 1.67. The van der Waals surface area contributed by atoms with E-state index < -0.39 is 5.25 Å². The van der Waals surface area contributed by atoms with E-state index in [4.69, 9.17) is 9.51 Å². The quantitative estimate of drug-likeness (QED) is 0.357. The normalized spacial score (nSPS) is 14.6. The van der Waals surface area contributed by atoms with Gasteiger partial charge in [0.1, 0.15) is 10.6 Å². The average Bonchev–Trinajstić information content (AvgIpc) is 3.36. The summed E-state index contributed by atoms with van der Waals surface area (Å²) in [6.45, 7) is 5.19. The Morgan fingerprint density at radius 2 is 2.15 bits per heavy atom. The standard InChI is InChI=1S/C23H31N5O3S2/c1-5-16(20(29)24-18-13-14(2)31-26-18)33-23-25-21-19(15-9-6-7-10-17(15)32-21)22(30)28(23)12-8-11-27(3)4/h13,16H,5-12H2,1-4H3,(H,24,26,29)/t16-/m1/s1. The van der Waals surface area contributed by atoms with E-state index in [9.17, 15) is 9.59 Å². The van der Waals surface area contributed by atoms with Crippen LogP contribution < -0.4 is 10.9 Å². The van der Waals surface area contributed by atoms with Gasteiger partial charge in [-0.25, -0.2) is 4.98 Å². The minimum atomic E-state index is -0.402. The summed E-state index contributed by atoms with van der Waals surface area (Å²) in [5.41, 5.74) is 1.23. The molecule has 8 nitrogen and oxygen atoms in total. The topological polar surface area (TPSA) is 93.3 Å². The van der Waals surface area contributed by atoms with Crippen LogP contribution in [-0.4, -0.2) is 51.4 Å². The summed E-state index contributed by atoms with van der Waals surface area (Å²) in [6, 6.07) is 1.69. The molecular formula is C23H31N5O3S2. The lowest BCUT2D eigenvalue weighted by molar-refractivity contribution is -0.115. The van der Waals surface area contributed by atoms with Gasteiger partial charge < -0.3 is 14.7 Å². The molecule has 3 aromatic rings. The molecule has 4 rings (SSSR count). The van der Waals surface area contributed by atoms with Crippen molar-refractivity contribution in [3.8, 4) is 0 Å². The van der Waals surface area contributed by atoms with E-state index in [1.165, 1.54) is 22.2 Å². The number of hydrogen-bond acceptors (Lipinski definition) is 8. The molecule has 3 aromatic heterocycles. The second-order valence-corrected chi connectivity index (χ2v) is 11.0. The number of rotatable bonds is 9. The van der Waals surface area contributed by atoms with E-state index >= 15 is 0 Å². The summed E-state index contributed by atoms with van der Waals surface area (Å²) < 4.78 is 6.84. The van der Waals surface area contributed by atoms with Crippen molar-refractivity contribution in [2.75, 3.05) is 26.0 Å². The zero-order valence-electron chi connectivity index (χ0n) is 19.6. The van der Waals surface area contributed by atoms with Crippen LogP contribution in [-0.2, 0) is 24.2 Å². The predicted molar refractivity (Wildman–Crippen MR) is 133 cm³/mol. The monoisotopic (exact) mass is 489 g/mol. The first-order valence-electron chi connectivity index (χ1n) is 11.5. The average molecular weight is 490 g/mol. The molecule has 0 unspecified atom stereocenters. The lowest BCUT2D eigenvalue weighted by Gasteiger charge is -2.18. The maximum absolute atomic E-state index is 13.7. The van der Waals surface area contributed by atoms with Crippen molar-refractivity contribution in [3.63, 3.8) is 0 Å². The highest BCUT2D eigenvalue weighted by atomic mass is 32.2.